The molecule has 2 aromatic carbocycles. The minimum atomic E-state index is -3.83. The molecule has 9 heteroatoms. The normalized spacial score (nSPS) is 21.3. The van der Waals surface area contributed by atoms with E-state index in [2.05, 4.69) is 10.6 Å². The number of nitrogens with zero attached hydrogens (tertiary/aromatic N) is 1. The van der Waals surface area contributed by atoms with Crippen LogP contribution in [0.4, 0.5) is 11.4 Å². The number of hydrogen-bond donors (Lipinski definition) is 2. The molecule has 1 saturated heterocycles. The molecule has 170 valence electrons. The number of sulfonamides is 1. The van der Waals surface area contributed by atoms with Crippen molar-refractivity contribution in [3.63, 3.8) is 0 Å². The maximum absolute atomic E-state index is 13.3. The lowest BCUT2D eigenvalue weighted by Gasteiger charge is -2.31. The first-order valence-electron chi connectivity index (χ1n) is 10.6. The SMILES string of the molecule is Cc1ccc(C)c(NC(=O)[C@H]2CCCN(S(=O)(=O)c3ccc4c(c3)NC(=O)[C@H](C)O4)C2)c1. The molecule has 1 fully saturated rings. The number of anilines is 2. The van der Waals surface area contributed by atoms with E-state index in [1.54, 1.807) is 13.0 Å². The van der Waals surface area contributed by atoms with Gasteiger partial charge in [-0.25, -0.2) is 8.42 Å². The Labute approximate surface area is 188 Å². The smallest absolute Gasteiger partial charge is 0.265 e. The molecule has 4 rings (SSSR count). The maximum Gasteiger partial charge on any atom is 0.265 e. The van der Waals surface area contributed by atoms with Crippen LogP contribution in [0.2, 0.25) is 0 Å². The summed E-state index contributed by atoms with van der Waals surface area (Å²) in [5.74, 6) is -0.521. The van der Waals surface area contributed by atoms with Gasteiger partial charge in [0, 0.05) is 18.8 Å². The van der Waals surface area contributed by atoms with Crippen LogP contribution in [0.25, 0.3) is 0 Å². The summed E-state index contributed by atoms with van der Waals surface area (Å²) in [5.41, 5.74) is 3.07. The van der Waals surface area contributed by atoms with Gasteiger partial charge in [-0.15, -0.1) is 0 Å². The Hall–Kier alpha value is -2.91. The minimum absolute atomic E-state index is 0.0605. The van der Waals surface area contributed by atoms with E-state index in [0.717, 1.165) is 16.8 Å². The zero-order valence-corrected chi connectivity index (χ0v) is 19.2. The molecule has 2 heterocycles. The summed E-state index contributed by atoms with van der Waals surface area (Å²) in [6, 6.07) is 10.3. The monoisotopic (exact) mass is 457 g/mol. The summed E-state index contributed by atoms with van der Waals surface area (Å²) in [5, 5.41) is 5.64. The van der Waals surface area contributed by atoms with Gasteiger partial charge in [0.1, 0.15) is 5.75 Å². The van der Waals surface area contributed by atoms with Crippen LogP contribution in [-0.2, 0) is 19.6 Å². The van der Waals surface area contributed by atoms with Gasteiger partial charge in [-0.1, -0.05) is 12.1 Å². The number of amides is 2. The number of carbonyl (C=O) groups excluding carboxylic acids is 2. The lowest BCUT2D eigenvalue weighted by atomic mass is 9.98. The quantitative estimate of drug-likeness (QED) is 0.734. The van der Waals surface area contributed by atoms with E-state index in [4.69, 9.17) is 4.74 Å². The highest BCUT2D eigenvalue weighted by Crippen LogP contribution is 2.34. The number of hydrogen-bond acceptors (Lipinski definition) is 5. The molecule has 32 heavy (non-hydrogen) atoms. The van der Waals surface area contributed by atoms with E-state index >= 15 is 0 Å². The fraction of sp³-hybridized carbons (Fsp3) is 0.391. The molecular formula is C23H27N3O5S. The molecule has 0 spiro atoms. The third-order valence-corrected chi connectivity index (χ3v) is 7.79. The predicted molar refractivity (Wildman–Crippen MR) is 121 cm³/mol. The lowest BCUT2D eigenvalue weighted by Crippen LogP contribution is -2.43. The van der Waals surface area contributed by atoms with E-state index in [9.17, 15) is 18.0 Å². The van der Waals surface area contributed by atoms with Crippen molar-refractivity contribution in [2.45, 2.75) is 44.6 Å². The van der Waals surface area contributed by atoms with Gasteiger partial charge in [-0.3, -0.25) is 9.59 Å². The second-order valence-electron chi connectivity index (χ2n) is 8.42. The van der Waals surface area contributed by atoms with Crippen molar-refractivity contribution in [1.29, 1.82) is 0 Å². The molecule has 8 nitrogen and oxygen atoms in total. The number of piperidine rings is 1. The summed E-state index contributed by atoms with van der Waals surface area (Å²) in [6.07, 6.45) is 0.574. The average Bonchev–Trinajstić information content (AvgIpc) is 2.76. The average molecular weight is 458 g/mol. The van der Waals surface area contributed by atoms with Crippen LogP contribution in [0, 0.1) is 19.8 Å². The number of aryl methyl sites for hydroxylation is 2. The first kappa shape index (κ1) is 22.3. The van der Waals surface area contributed by atoms with Crippen LogP contribution in [0.1, 0.15) is 30.9 Å². The van der Waals surface area contributed by atoms with E-state index in [-0.39, 0.29) is 23.3 Å². The second kappa shape index (κ2) is 8.55. The van der Waals surface area contributed by atoms with Gasteiger partial charge >= 0.3 is 0 Å². The van der Waals surface area contributed by atoms with Crippen molar-refractivity contribution in [2.24, 2.45) is 5.92 Å². The van der Waals surface area contributed by atoms with Gasteiger partial charge in [0.05, 0.1) is 16.5 Å². The Balaban J connectivity index is 1.51. The number of nitrogens with one attached hydrogen (secondary N) is 2. The molecule has 0 aromatic heterocycles. The van der Waals surface area contributed by atoms with E-state index in [1.165, 1.54) is 16.4 Å². The minimum Gasteiger partial charge on any atom is -0.479 e. The van der Waals surface area contributed by atoms with E-state index in [0.29, 0.717) is 30.8 Å². The largest absolute Gasteiger partial charge is 0.479 e. The fourth-order valence-electron chi connectivity index (χ4n) is 3.98. The number of ether oxygens (including phenoxy) is 1. The first-order valence-corrected chi connectivity index (χ1v) is 12.1. The molecule has 2 aromatic rings. The Morgan fingerprint density at radius 1 is 1.19 bits per heavy atom. The van der Waals surface area contributed by atoms with Gasteiger partial charge in [0.25, 0.3) is 5.91 Å². The predicted octanol–water partition coefficient (Wildman–Crippen LogP) is 3.06. The molecule has 0 saturated carbocycles. The molecule has 0 radical (unpaired) electrons. The van der Waals surface area contributed by atoms with Crippen molar-refractivity contribution in [1.82, 2.24) is 4.31 Å². The Bertz CT molecular complexity index is 1180. The topological polar surface area (TPSA) is 105 Å². The second-order valence-corrected chi connectivity index (χ2v) is 10.4. The molecule has 2 amide bonds. The van der Waals surface area contributed by atoms with Crippen molar-refractivity contribution in [3.05, 3.63) is 47.5 Å². The maximum atomic E-state index is 13.3. The van der Waals surface area contributed by atoms with E-state index < -0.39 is 22.0 Å². The van der Waals surface area contributed by atoms with Gasteiger partial charge in [-0.2, -0.15) is 4.31 Å². The number of rotatable bonds is 4. The molecule has 0 bridgehead atoms. The van der Waals surface area contributed by atoms with Gasteiger partial charge in [-0.05, 0) is 69.0 Å². The number of fused-ring (bicyclic) bond motifs is 1. The third kappa shape index (κ3) is 4.35. The lowest BCUT2D eigenvalue weighted by molar-refractivity contribution is -0.123. The molecule has 0 unspecified atom stereocenters. The highest BCUT2D eigenvalue weighted by atomic mass is 32.2. The first-order chi connectivity index (χ1) is 15.1. The summed E-state index contributed by atoms with van der Waals surface area (Å²) in [7, 11) is -3.83. The summed E-state index contributed by atoms with van der Waals surface area (Å²) < 4.78 is 33.4. The summed E-state index contributed by atoms with van der Waals surface area (Å²) in [4.78, 5) is 24.9. The van der Waals surface area contributed by atoms with Crippen LogP contribution in [0.3, 0.4) is 0 Å². The van der Waals surface area contributed by atoms with Crippen LogP contribution in [0.15, 0.2) is 41.3 Å². The van der Waals surface area contributed by atoms with Gasteiger partial charge in [0.2, 0.25) is 15.9 Å². The summed E-state index contributed by atoms with van der Waals surface area (Å²) >= 11 is 0. The van der Waals surface area contributed by atoms with Crippen LogP contribution in [-0.4, -0.2) is 43.7 Å². The van der Waals surface area contributed by atoms with Crippen LogP contribution >= 0.6 is 0 Å². The molecule has 0 aliphatic carbocycles. The Morgan fingerprint density at radius 3 is 2.75 bits per heavy atom. The summed E-state index contributed by atoms with van der Waals surface area (Å²) in [6.45, 7) is 5.95. The molecule has 2 atom stereocenters. The molecule has 2 N–H and O–H groups in total. The highest BCUT2D eigenvalue weighted by Gasteiger charge is 2.34. The van der Waals surface area contributed by atoms with Gasteiger partial charge < -0.3 is 15.4 Å². The third-order valence-electron chi connectivity index (χ3n) is 5.93. The molecular weight excluding hydrogens is 430 g/mol. The Morgan fingerprint density at radius 2 is 1.97 bits per heavy atom. The van der Waals surface area contributed by atoms with Crippen molar-refractivity contribution >= 4 is 33.2 Å². The van der Waals surface area contributed by atoms with Crippen molar-refractivity contribution in [2.75, 3.05) is 23.7 Å². The molecule has 2 aliphatic rings. The molecule has 2 aliphatic heterocycles. The standard InChI is InChI=1S/C23H27N3O5S/c1-14-6-7-15(2)19(11-14)24-23(28)17-5-4-10-26(13-17)32(29,30)18-8-9-21-20(12-18)25-22(27)16(3)31-21/h6-9,11-12,16-17H,4-5,10,13H2,1-3H3,(H,24,28)(H,25,27)/t16-,17-/m0/s1. The Kier molecular flexibility index (Phi) is 5.96. The van der Waals surface area contributed by atoms with Crippen molar-refractivity contribution < 1.29 is 22.7 Å². The number of carbonyl (C=O) groups is 2. The number of benzene rings is 2. The van der Waals surface area contributed by atoms with Gasteiger partial charge in [0.15, 0.2) is 6.10 Å². The van der Waals surface area contributed by atoms with E-state index in [1.807, 2.05) is 32.0 Å². The fourth-order valence-corrected chi connectivity index (χ4v) is 5.53. The van der Waals surface area contributed by atoms with Crippen molar-refractivity contribution in [3.8, 4) is 5.75 Å². The van der Waals surface area contributed by atoms with Crippen LogP contribution < -0.4 is 15.4 Å². The zero-order valence-electron chi connectivity index (χ0n) is 18.3. The van der Waals surface area contributed by atoms with Crippen LogP contribution in [0.5, 0.6) is 5.75 Å². The highest BCUT2D eigenvalue weighted by molar-refractivity contribution is 7.89. The zero-order chi connectivity index (χ0) is 23.0.